The van der Waals surface area contributed by atoms with Crippen LogP contribution in [0.5, 0.6) is 0 Å². The number of nitrogens with one attached hydrogen (secondary N) is 3. The molecule has 1 aliphatic rings. The number of carbonyl (C=O) groups is 8. The lowest BCUT2D eigenvalue weighted by Gasteiger charge is -2.41. The van der Waals surface area contributed by atoms with E-state index in [0.717, 1.165) is 54.6 Å². The van der Waals surface area contributed by atoms with Gasteiger partial charge in [0.25, 0.3) is 23.3 Å². The van der Waals surface area contributed by atoms with E-state index in [1.807, 2.05) is 20.8 Å². The van der Waals surface area contributed by atoms with E-state index in [1.165, 1.54) is 0 Å². The number of ketones is 2. The summed E-state index contributed by atoms with van der Waals surface area (Å²) >= 11 is 0. The van der Waals surface area contributed by atoms with Gasteiger partial charge in [0, 0.05) is 67.0 Å². The fraction of sp³-hybridized carbons (Fsp3) is 0.511. The van der Waals surface area contributed by atoms with Gasteiger partial charge in [-0.15, -0.1) is 0 Å². The van der Waals surface area contributed by atoms with E-state index in [1.54, 1.807) is 20.8 Å². The average molecular weight is 957 g/mol. The first kappa shape index (κ1) is 53.9. The molecule has 68 heavy (non-hydrogen) atoms. The van der Waals surface area contributed by atoms with Crippen molar-refractivity contribution in [1.82, 2.24) is 30.2 Å². The van der Waals surface area contributed by atoms with Gasteiger partial charge in [-0.05, 0) is 50.5 Å². The van der Waals surface area contributed by atoms with Gasteiger partial charge < -0.3 is 19.5 Å². The molecule has 3 N–H and O–H groups in total. The summed E-state index contributed by atoms with van der Waals surface area (Å²) in [4.78, 5) is 128. The second kappa shape index (κ2) is 23.3. The van der Waals surface area contributed by atoms with Gasteiger partial charge >= 0.3 is 18.1 Å². The first-order valence-corrected chi connectivity index (χ1v) is 21.6. The van der Waals surface area contributed by atoms with E-state index in [0.29, 0.717) is 11.3 Å². The van der Waals surface area contributed by atoms with Crippen molar-refractivity contribution in [2.75, 3.05) is 37.1 Å². The second-order valence-electron chi connectivity index (χ2n) is 17.2. The van der Waals surface area contributed by atoms with Crippen LogP contribution in [-0.4, -0.2) is 117 Å². The highest BCUT2D eigenvalue weighted by atomic mass is 19.4. The van der Waals surface area contributed by atoms with E-state index in [-0.39, 0.29) is 104 Å². The zero-order valence-electron chi connectivity index (χ0n) is 38.7. The Morgan fingerprint density at radius 3 is 1.97 bits per heavy atom. The topological polar surface area (TPSA) is 266 Å². The number of rotatable bonds is 24. The molecule has 0 spiro atoms. The lowest BCUT2D eigenvalue weighted by atomic mass is 9.86. The number of benzene rings is 1. The maximum atomic E-state index is 13.8. The monoisotopic (exact) mass is 956 g/mol. The van der Waals surface area contributed by atoms with Gasteiger partial charge in [-0.3, -0.25) is 58.5 Å². The molecule has 1 unspecified atom stereocenters. The number of aromatic amines is 1. The number of H-pyrrole nitrogens is 1. The number of anilines is 2. The number of halogens is 3. The van der Waals surface area contributed by atoms with Crippen LogP contribution in [0.1, 0.15) is 103 Å². The van der Waals surface area contributed by atoms with Crippen LogP contribution in [0.2, 0.25) is 0 Å². The molecule has 5 amide bonds. The first-order chi connectivity index (χ1) is 31.8. The Labute approximate surface area is 388 Å². The van der Waals surface area contributed by atoms with Gasteiger partial charge in [0.2, 0.25) is 11.9 Å². The number of alkyl halides is 3. The van der Waals surface area contributed by atoms with Crippen molar-refractivity contribution in [1.29, 1.82) is 0 Å². The fourth-order valence-electron chi connectivity index (χ4n) is 6.36. The first-order valence-electron chi connectivity index (χ1n) is 21.6. The zero-order valence-corrected chi connectivity index (χ0v) is 38.7. The molecule has 2 aromatic heterocycles. The number of nitrogens with zero attached hydrogens (tertiary/aromatic N) is 5. The van der Waals surface area contributed by atoms with Crippen molar-refractivity contribution in [2.24, 2.45) is 11.3 Å². The molecule has 23 heteroatoms. The van der Waals surface area contributed by atoms with E-state index < -0.39 is 76.9 Å². The quantitative estimate of drug-likeness (QED) is 0.0490. The molecular weight excluding hydrogens is 902 g/mol. The Morgan fingerprint density at radius 2 is 1.43 bits per heavy atom. The lowest BCUT2D eigenvalue weighted by molar-refractivity contribution is -0.278. The summed E-state index contributed by atoms with van der Waals surface area (Å²) in [7, 11) is 1.09. The number of methoxy groups -OCH3 is 1. The minimum atomic E-state index is -5.35. The van der Waals surface area contributed by atoms with Crippen LogP contribution < -0.4 is 21.1 Å². The predicted molar refractivity (Wildman–Crippen MR) is 236 cm³/mol. The molecule has 3 aromatic rings. The van der Waals surface area contributed by atoms with Crippen LogP contribution in [0.4, 0.5) is 24.8 Å². The van der Waals surface area contributed by atoms with Crippen molar-refractivity contribution in [3.63, 3.8) is 0 Å². The zero-order chi connectivity index (χ0) is 50.6. The van der Waals surface area contributed by atoms with Gasteiger partial charge in [-0.25, -0.2) is 14.8 Å². The molecule has 2 atom stereocenters. The van der Waals surface area contributed by atoms with Crippen molar-refractivity contribution in [3.05, 3.63) is 64.2 Å². The SMILES string of the molecule is COC(=O)[C@H](CCC(=O)CCCOC(C)(OCCCC(=O)CCN1C(=O)C=CC1=O)C(C)(C)C)NC(=O)c1ccc(N(Cc2cnc3nc(NC(=O)C(C)C)[nH]c(=O)c3n2)C(=O)C(F)(F)F)cc1. The van der Waals surface area contributed by atoms with Gasteiger partial charge in [-0.1, -0.05) is 34.6 Å². The number of imide groups is 1. The molecular formula is C45H55F3N8O12. The van der Waals surface area contributed by atoms with Crippen LogP contribution in [0.15, 0.2) is 47.4 Å². The summed E-state index contributed by atoms with van der Waals surface area (Å²) in [5, 5.41) is 4.88. The smallest absolute Gasteiger partial charge is 0.467 e. The summed E-state index contributed by atoms with van der Waals surface area (Å²) in [6.07, 6.45) is -1.40. The van der Waals surface area contributed by atoms with E-state index in [9.17, 15) is 56.3 Å². The van der Waals surface area contributed by atoms with Gasteiger partial charge in [0.1, 0.15) is 17.6 Å². The van der Waals surface area contributed by atoms with Crippen LogP contribution in [-0.2, 0) is 54.3 Å². The molecule has 368 valence electrons. The predicted octanol–water partition coefficient (Wildman–Crippen LogP) is 4.26. The number of esters is 1. The highest BCUT2D eigenvalue weighted by Gasteiger charge is 2.43. The molecule has 0 radical (unpaired) electrons. The number of aromatic nitrogens is 4. The molecule has 4 rings (SSSR count). The molecule has 0 saturated carbocycles. The van der Waals surface area contributed by atoms with Crippen molar-refractivity contribution in [2.45, 2.75) is 111 Å². The Balaban J connectivity index is 1.30. The number of ether oxygens (including phenoxy) is 3. The summed E-state index contributed by atoms with van der Waals surface area (Å²) < 4.78 is 58.5. The number of Topliss-reactive ketones (excluding diaryl/α,β-unsaturated/α-hetero) is 2. The number of hydrogen-bond donors (Lipinski definition) is 3. The van der Waals surface area contributed by atoms with Gasteiger partial charge in [0.15, 0.2) is 17.0 Å². The Morgan fingerprint density at radius 1 is 0.838 bits per heavy atom. The van der Waals surface area contributed by atoms with Crippen LogP contribution in [0.25, 0.3) is 11.2 Å². The molecule has 3 heterocycles. The number of hydrogen-bond acceptors (Lipinski definition) is 15. The number of carbonyl (C=O) groups excluding carboxylic acids is 8. The van der Waals surface area contributed by atoms with E-state index in [4.69, 9.17) is 14.2 Å². The molecule has 1 aromatic carbocycles. The van der Waals surface area contributed by atoms with Crippen LogP contribution in [0, 0.1) is 11.3 Å². The Bertz CT molecular complexity index is 2450. The van der Waals surface area contributed by atoms with E-state index >= 15 is 0 Å². The number of amides is 5. The maximum absolute atomic E-state index is 13.8. The summed E-state index contributed by atoms with van der Waals surface area (Å²) in [6.45, 7) is 10.2. The van der Waals surface area contributed by atoms with Crippen LogP contribution in [0.3, 0.4) is 0 Å². The average Bonchev–Trinajstić information content (AvgIpc) is 3.60. The molecule has 0 fully saturated rings. The molecule has 0 bridgehead atoms. The third-order valence-corrected chi connectivity index (χ3v) is 10.8. The van der Waals surface area contributed by atoms with Gasteiger partial charge in [-0.2, -0.15) is 18.2 Å². The van der Waals surface area contributed by atoms with Crippen LogP contribution >= 0.6 is 0 Å². The lowest BCUT2D eigenvalue weighted by Crippen LogP contribution is -2.45. The van der Waals surface area contributed by atoms with E-state index in [2.05, 4.69) is 30.6 Å². The fourth-order valence-corrected chi connectivity index (χ4v) is 6.36. The Hall–Kier alpha value is -6.75. The van der Waals surface area contributed by atoms with Crippen molar-refractivity contribution >= 4 is 69.9 Å². The third-order valence-electron chi connectivity index (χ3n) is 10.8. The minimum absolute atomic E-state index is 0.00664. The molecule has 20 nitrogen and oxygen atoms in total. The maximum Gasteiger partial charge on any atom is 0.471 e. The van der Waals surface area contributed by atoms with Crippen molar-refractivity contribution in [3.8, 4) is 0 Å². The second-order valence-corrected chi connectivity index (χ2v) is 17.2. The summed E-state index contributed by atoms with van der Waals surface area (Å²) in [5.74, 6) is -7.49. The highest BCUT2D eigenvalue weighted by molar-refractivity contribution is 6.13. The third kappa shape index (κ3) is 14.9. The summed E-state index contributed by atoms with van der Waals surface area (Å²) in [6, 6.07) is 3.07. The highest BCUT2D eigenvalue weighted by Crippen LogP contribution is 2.35. The minimum Gasteiger partial charge on any atom is -0.467 e. The normalized spacial score (nSPS) is 14.2. The molecule has 0 aliphatic carbocycles. The Kier molecular flexibility index (Phi) is 18.5. The number of fused-ring (bicyclic) bond motifs is 1. The molecule has 0 saturated heterocycles. The van der Waals surface area contributed by atoms with Gasteiger partial charge in [0.05, 0.1) is 38.8 Å². The largest absolute Gasteiger partial charge is 0.471 e. The summed E-state index contributed by atoms with van der Waals surface area (Å²) in [5.41, 5.74) is -2.63. The van der Waals surface area contributed by atoms with Crippen molar-refractivity contribution < 1.29 is 65.7 Å². The standard InChI is InChI=1S/C45H55F3N8O12/c1-26(2)37(61)53-42-52-36-35(39(63)54-42)50-28(24-49-36)25-56(41(65)45(46,47)48)29-14-12-27(13-15-29)38(62)51-32(40(64)66-7)17-16-30(57)10-8-22-67-44(6,43(3,4)5)68-23-9-11-31(58)20-21-55-33(59)18-19-34(55)60/h12-15,18-19,24,26,32H,8-11,16-17,20-23,25H2,1-7H3,(H,51,62)(H2,49,52,53,54,61,63)/t32-,44?/m0/s1. The molecule has 1 aliphatic heterocycles.